The Kier molecular flexibility index (Phi) is 3.52. The summed E-state index contributed by atoms with van der Waals surface area (Å²) in [5.74, 6) is -0.414. The van der Waals surface area contributed by atoms with Crippen molar-refractivity contribution < 1.29 is 13.2 Å². The first-order chi connectivity index (χ1) is 8.53. The summed E-state index contributed by atoms with van der Waals surface area (Å²) in [7, 11) is -3.72. The number of nitrogens with one attached hydrogen (secondary N) is 1. The predicted octanol–water partition coefficient (Wildman–Crippen LogP) is 1.64. The first kappa shape index (κ1) is 12.8. The highest BCUT2D eigenvalue weighted by atomic mass is 32.2. The van der Waals surface area contributed by atoms with Gasteiger partial charge in [-0.3, -0.25) is 4.79 Å². The van der Waals surface area contributed by atoms with Crippen LogP contribution in [-0.2, 0) is 14.6 Å². The largest absolute Gasteiger partial charge is 0.387 e. The van der Waals surface area contributed by atoms with E-state index >= 15 is 0 Å². The third-order valence-electron chi connectivity index (χ3n) is 2.86. The molecule has 96 valence electrons. The van der Waals surface area contributed by atoms with Crippen LogP contribution in [0.2, 0.25) is 0 Å². The smallest absolute Gasteiger partial charge is 0.211 e. The van der Waals surface area contributed by atoms with Crippen molar-refractivity contribution in [3.8, 4) is 0 Å². The van der Waals surface area contributed by atoms with Crippen LogP contribution in [0, 0.1) is 0 Å². The van der Waals surface area contributed by atoms with Gasteiger partial charge in [-0.15, -0.1) is 0 Å². The molecule has 1 aromatic carbocycles. The molecule has 1 aliphatic rings. The molecule has 5 heteroatoms. The van der Waals surface area contributed by atoms with E-state index in [4.69, 9.17) is 0 Å². The molecule has 0 spiro atoms. The Morgan fingerprint density at radius 2 is 1.89 bits per heavy atom. The Bertz CT molecular complexity index is 580. The highest BCUT2D eigenvalue weighted by molar-refractivity contribution is 7.96. The molecule has 1 aliphatic heterocycles. The van der Waals surface area contributed by atoms with E-state index in [1.54, 1.807) is 18.2 Å². The Labute approximate surface area is 107 Å². The maximum Gasteiger partial charge on any atom is 0.211 e. The van der Waals surface area contributed by atoms with Crippen LogP contribution in [0.1, 0.15) is 19.8 Å². The van der Waals surface area contributed by atoms with Gasteiger partial charge in [0.2, 0.25) is 9.84 Å². The fraction of sp³-hybridized carbons (Fsp3) is 0.308. The molecular weight excluding hydrogens is 250 g/mol. The van der Waals surface area contributed by atoms with Gasteiger partial charge in [0, 0.05) is 12.2 Å². The van der Waals surface area contributed by atoms with E-state index in [1.807, 2.05) is 0 Å². The lowest BCUT2D eigenvalue weighted by molar-refractivity contribution is -0.113. The summed E-state index contributed by atoms with van der Waals surface area (Å²) in [4.78, 5) is 11.7. The van der Waals surface area contributed by atoms with Crippen LogP contribution in [0.15, 0.2) is 45.8 Å². The van der Waals surface area contributed by atoms with Crippen molar-refractivity contribution in [2.45, 2.75) is 24.7 Å². The van der Waals surface area contributed by atoms with E-state index in [-0.39, 0.29) is 9.80 Å². The summed E-state index contributed by atoms with van der Waals surface area (Å²) in [6, 6.07) is 8.06. The van der Waals surface area contributed by atoms with Crippen LogP contribution in [0.4, 0.5) is 0 Å². The van der Waals surface area contributed by atoms with Gasteiger partial charge in [-0.05, 0) is 31.9 Å². The van der Waals surface area contributed by atoms with Crippen molar-refractivity contribution in [2.75, 3.05) is 6.54 Å². The van der Waals surface area contributed by atoms with Gasteiger partial charge in [0.05, 0.1) is 4.90 Å². The van der Waals surface area contributed by atoms with E-state index in [1.165, 1.54) is 19.1 Å². The van der Waals surface area contributed by atoms with Gasteiger partial charge in [-0.2, -0.15) is 0 Å². The minimum Gasteiger partial charge on any atom is -0.387 e. The Balaban J connectivity index is 2.57. The van der Waals surface area contributed by atoms with Crippen molar-refractivity contribution in [2.24, 2.45) is 0 Å². The number of Topliss-reactive ketones (excluding diaryl/α,β-unsaturated/α-hetero) is 1. The van der Waals surface area contributed by atoms with Crippen molar-refractivity contribution >= 4 is 15.6 Å². The highest BCUT2D eigenvalue weighted by Crippen LogP contribution is 2.25. The molecule has 1 N–H and O–H groups in total. The van der Waals surface area contributed by atoms with Crippen LogP contribution >= 0.6 is 0 Å². The zero-order valence-corrected chi connectivity index (χ0v) is 11.0. The van der Waals surface area contributed by atoms with E-state index in [2.05, 4.69) is 5.32 Å². The first-order valence-corrected chi connectivity index (χ1v) is 7.30. The average molecular weight is 265 g/mol. The van der Waals surface area contributed by atoms with Gasteiger partial charge >= 0.3 is 0 Å². The topological polar surface area (TPSA) is 63.2 Å². The molecule has 0 atom stereocenters. The molecule has 1 aromatic rings. The number of rotatable bonds is 3. The fourth-order valence-electron chi connectivity index (χ4n) is 2.07. The second-order valence-corrected chi connectivity index (χ2v) is 6.10. The molecule has 0 bridgehead atoms. The Hall–Kier alpha value is -1.62. The number of hydrogen-bond acceptors (Lipinski definition) is 4. The third kappa shape index (κ3) is 2.31. The van der Waals surface area contributed by atoms with Gasteiger partial charge in [-0.25, -0.2) is 8.42 Å². The SMILES string of the molecule is CC(=O)/C(=C1\CCCN1)S(=O)(=O)c1ccccc1. The average Bonchev–Trinajstić information content (AvgIpc) is 2.83. The van der Waals surface area contributed by atoms with Crippen LogP contribution in [-0.4, -0.2) is 20.7 Å². The van der Waals surface area contributed by atoms with E-state index < -0.39 is 15.6 Å². The minimum absolute atomic E-state index is 0.0915. The predicted molar refractivity (Wildman–Crippen MR) is 68.6 cm³/mol. The van der Waals surface area contributed by atoms with Crippen LogP contribution < -0.4 is 5.32 Å². The third-order valence-corrected chi connectivity index (χ3v) is 4.82. The number of sulfone groups is 1. The van der Waals surface area contributed by atoms with Crippen molar-refractivity contribution in [3.63, 3.8) is 0 Å². The Morgan fingerprint density at radius 1 is 1.22 bits per heavy atom. The summed E-state index contributed by atoms with van der Waals surface area (Å²) < 4.78 is 24.9. The molecule has 0 radical (unpaired) electrons. The highest BCUT2D eigenvalue weighted by Gasteiger charge is 2.29. The standard InChI is InChI=1S/C13H15NO3S/c1-10(15)13(12-8-5-9-14-12)18(16,17)11-6-3-2-4-7-11/h2-4,6-7,14H,5,8-9H2,1H3/b13-12-. The molecule has 0 aromatic heterocycles. The second kappa shape index (κ2) is 4.94. The maximum atomic E-state index is 12.4. The van der Waals surface area contributed by atoms with Crippen molar-refractivity contribution in [1.29, 1.82) is 0 Å². The number of ketones is 1. The lowest BCUT2D eigenvalue weighted by Gasteiger charge is -2.10. The van der Waals surface area contributed by atoms with Gasteiger partial charge in [0.15, 0.2) is 5.78 Å². The lowest BCUT2D eigenvalue weighted by atomic mass is 10.2. The number of benzene rings is 1. The zero-order valence-electron chi connectivity index (χ0n) is 10.1. The lowest BCUT2D eigenvalue weighted by Crippen LogP contribution is -2.18. The molecule has 0 amide bonds. The molecular formula is C13H15NO3S. The minimum atomic E-state index is -3.72. The van der Waals surface area contributed by atoms with Gasteiger partial charge in [-0.1, -0.05) is 18.2 Å². The summed E-state index contributed by atoms with van der Waals surface area (Å²) in [6.07, 6.45) is 1.47. The quantitative estimate of drug-likeness (QED) is 0.844. The van der Waals surface area contributed by atoms with Gasteiger partial charge < -0.3 is 5.32 Å². The summed E-state index contributed by atoms with van der Waals surface area (Å²) in [5.41, 5.74) is 0.548. The number of allylic oxidation sites excluding steroid dienone is 2. The summed E-state index contributed by atoms with van der Waals surface area (Å²) >= 11 is 0. The molecule has 1 saturated heterocycles. The van der Waals surface area contributed by atoms with Crippen molar-refractivity contribution in [1.82, 2.24) is 5.32 Å². The molecule has 1 heterocycles. The molecule has 4 nitrogen and oxygen atoms in total. The van der Waals surface area contributed by atoms with Gasteiger partial charge in [0.25, 0.3) is 0 Å². The fourth-order valence-corrected chi connectivity index (χ4v) is 3.70. The maximum absolute atomic E-state index is 12.4. The zero-order chi connectivity index (χ0) is 13.2. The van der Waals surface area contributed by atoms with Crippen LogP contribution in [0.25, 0.3) is 0 Å². The Morgan fingerprint density at radius 3 is 2.39 bits per heavy atom. The van der Waals surface area contributed by atoms with Crippen LogP contribution in [0.3, 0.4) is 0 Å². The van der Waals surface area contributed by atoms with Gasteiger partial charge in [0.1, 0.15) is 4.91 Å². The van der Waals surface area contributed by atoms with Crippen LogP contribution in [0.5, 0.6) is 0 Å². The monoisotopic (exact) mass is 265 g/mol. The molecule has 0 unspecified atom stereocenters. The second-order valence-electron chi connectivity index (χ2n) is 4.21. The van der Waals surface area contributed by atoms with E-state index in [0.717, 1.165) is 13.0 Å². The molecule has 18 heavy (non-hydrogen) atoms. The summed E-state index contributed by atoms with van der Waals surface area (Å²) in [5, 5.41) is 2.99. The molecule has 2 rings (SSSR count). The van der Waals surface area contributed by atoms with E-state index in [9.17, 15) is 13.2 Å². The van der Waals surface area contributed by atoms with E-state index in [0.29, 0.717) is 12.1 Å². The molecule has 0 saturated carbocycles. The summed E-state index contributed by atoms with van der Waals surface area (Å²) in [6.45, 7) is 2.01. The normalized spacial score (nSPS) is 18.3. The first-order valence-electron chi connectivity index (χ1n) is 5.81. The van der Waals surface area contributed by atoms with Crippen molar-refractivity contribution in [3.05, 3.63) is 40.9 Å². The molecule has 0 aliphatic carbocycles. The molecule has 1 fully saturated rings. The number of carbonyl (C=O) groups is 1. The number of carbonyl (C=O) groups excluding carboxylic acids is 1. The number of hydrogen-bond donors (Lipinski definition) is 1.